The third-order valence-electron chi connectivity index (χ3n) is 4.24. The van der Waals surface area contributed by atoms with Crippen LogP contribution >= 0.6 is 0 Å². The minimum atomic E-state index is -3.79. The maximum Gasteiger partial charge on any atom is 0.224 e. The number of hydrogen-bond donors (Lipinski definition) is 1. The predicted octanol–water partition coefficient (Wildman–Crippen LogP) is 3.16. The topological polar surface area (TPSA) is 79.7 Å². The summed E-state index contributed by atoms with van der Waals surface area (Å²) in [6, 6.07) is 9.37. The van der Waals surface area contributed by atoms with Gasteiger partial charge in [-0.15, -0.1) is 0 Å². The van der Waals surface area contributed by atoms with Crippen LogP contribution in [0.5, 0.6) is 5.75 Å². The standard InChI is InChI=1S/C18H24N2O4S/c1-13(2)14(3)20(21)12-15-6-5-11-19-18(15)25(22,23)17-9-7-16(24-4)8-10-17/h5-11,13-14,21H,12H2,1-4H3/t14-/m1/s1. The second-order valence-electron chi connectivity index (χ2n) is 6.23. The molecule has 1 aromatic heterocycles. The van der Waals surface area contributed by atoms with Gasteiger partial charge in [-0.2, -0.15) is 5.06 Å². The molecule has 0 bridgehead atoms. The molecule has 6 nitrogen and oxygen atoms in total. The van der Waals surface area contributed by atoms with Gasteiger partial charge < -0.3 is 9.94 Å². The van der Waals surface area contributed by atoms with Gasteiger partial charge in [-0.25, -0.2) is 13.4 Å². The van der Waals surface area contributed by atoms with E-state index in [0.29, 0.717) is 11.3 Å². The van der Waals surface area contributed by atoms with Crippen LogP contribution < -0.4 is 4.74 Å². The number of aromatic nitrogens is 1. The van der Waals surface area contributed by atoms with E-state index in [1.54, 1.807) is 24.3 Å². The number of hydrogen-bond acceptors (Lipinski definition) is 6. The Hall–Kier alpha value is -1.96. The van der Waals surface area contributed by atoms with E-state index in [1.807, 2.05) is 20.8 Å². The van der Waals surface area contributed by atoms with Gasteiger partial charge in [0.05, 0.1) is 18.6 Å². The van der Waals surface area contributed by atoms with E-state index >= 15 is 0 Å². The molecule has 0 aliphatic carbocycles. The van der Waals surface area contributed by atoms with Crippen LogP contribution in [0.15, 0.2) is 52.5 Å². The van der Waals surface area contributed by atoms with Crippen molar-refractivity contribution in [3.63, 3.8) is 0 Å². The predicted molar refractivity (Wildman–Crippen MR) is 94.3 cm³/mol. The van der Waals surface area contributed by atoms with Crippen molar-refractivity contribution < 1.29 is 18.4 Å². The first-order valence-corrected chi connectivity index (χ1v) is 9.54. The molecule has 0 fully saturated rings. The second-order valence-corrected chi connectivity index (χ2v) is 8.09. The third kappa shape index (κ3) is 4.36. The lowest BCUT2D eigenvalue weighted by Crippen LogP contribution is -2.33. The number of nitrogens with zero attached hydrogens (tertiary/aromatic N) is 2. The number of hydroxylamine groups is 2. The molecule has 7 heteroatoms. The van der Waals surface area contributed by atoms with Crippen LogP contribution in [0, 0.1) is 5.92 Å². The number of pyridine rings is 1. The van der Waals surface area contributed by atoms with E-state index in [1.165, 1.54) is 25.4 Å². The monoisotopic (exact) mass is 364 g/mol. The number of methoxy groups -OCH3 is 1. The van der Waals surface area contributed by atoms with Gasteiger partial charge in [-0.05, 0) is 43.2 Å². The van der Waals surface area contributed by atoms with Crippen LogP contribution in [0.1, 0.15) is 26.3 Å². The number of benzene rings is 1. The number of rotatable bonds is 7. The zero-order valence-corrected chi connectivity index (χ0v) is 15.7. The summed E-state index contributed by atoms with van der Waals surface area (Å²) in [5.41, 5.74) is 0.452. The SMILES string of the molecule is COc1ccc(S(=O)(=O)c2ncccc2CN(O)[C@H](C)C(C)C)cc1. The van der Waals surface area contributed by atoms with Crippen LogP contribution in [0.3, 0.4) is 0 Å². The molecule has 0 amide bonds. The maximum absolute atomic E-state index is 12.9. The van der Waals surface area contributed by atoms with Crippen molar-refractivity contribution in [3.8, 4) is 5.75 Å². The molecule has 0 unspecified atom stereocenters. The van der Waals surface area contributed by atoms with E-state index in [-0.39, 0.29) is 28.4 Å². The van der Waals surface area contributed by atoms with Crippen molar-refractivity contribution in [1.82, 2.24) is 10.0 Å². The zero-order valence-electron chi connectivity index (χ0n) is 14.9. The van der Waals surface area contributed by atoms with Gasteiger partial charge in [-0.3, -0.25) is 0 Å². The molecule has 0 aliphatic rings. The zero-order chi connectivity index (χ0) is 18.6. The summed E-state index contributed by atoms with van der Waals surface area (Å²) < 4.78 is 30.9. The normalized spacial score (nSPS) is 13.2. The van der Waals surface area contributed by atoms with Gasteiger partial charge in [0.2, 0.25) is 9.84 Å². The summed E-state index contributed by atoms with van der Waals surface area (Å²) >= 11 is 0. The lowest BCUT2D eigenvalue weighted by atomic mass is 10.1. The molecule has 25 heavy (non-hydrogen) atoms. The molecular weight excluding hydrogens is 340 g/mol. The summed E-state index contributed by atoms with van der Waals surface area (Å²) in [6.07, 6.45) is 1.44. The highest BCUT2D eigenvalue weighted by molar-refractivity contribution is 7.91. The van der Waals surface area contributed by atoms with Gasteiger partial charge in [0.15, 0.2) is 5.03 Å². The van der Waals surface area contributed by atoms with Crippen molar-refractivity contribution in [3.05, 3.63) is 48.2 Å². The first-order valence-electron chi connectivity index (χ1n) is 8.06. The molecule has 1 heterocycles. The number of ether oxygens (including phenoxy) is 1. The van der Waals surface area contributed by atoms with Crippen LogP contribution in [-0.4, -0.2) is 36.8 Å². The summed E-state index contributed by atoms with van der Waals surface area (Å²) in [7, 11) is -2.27. The Bertz CT molecular complexity index is 804. The average Bonchev–Trinajstić information content (AvgIpc) is 2.61. The fourth-order valence-corrected chi connectivity index (χ4v) is 3.71. The molecule has 2 aromatic rings. The smallest absolute Gasteiger partial charge is 0.224 e. The molecular formula is C18H24N2O4S. The van der Waals surface area contributed by atoms with E-state index < -0.39 is 9.84 Å². The number of sulfone groups is 1. The fourth-order valence-electron chi connectivity index (χ4n) is 2.32. The lowest BCUT2D eigenvalue weighted by Gasteiger charge is -2.26. The second kappa shape index (κ2) is 7.95. The Morgan fingerprint density at radius 1 is 1.16 bits per heavy atom. The summed E-state index contributed by atoms with van der Waals surface area (Å²) in [6.45, 7) is 5.95. The van der Waals surface area contributed by atoms with Crippen molar-refractivity contribution in [2.24, 2.45) is 5.92 Å². The summed E-state index contributed by atoms with van der Waals surface area (Å²) in [5.74, 6) is 0.802. The molecule has 136 valence electrons. The highest BCUT2D eigenvalue weighted by Gasteiger charge is 2.25. The molecule has 2 rings (SSSR count). The molecule has 0 aliphatic heterocycles. The van der Waals surface area contributed by atoms with Gasteiger partial charge in [0.25, 0.3) is 0 Å². The average molecular weight is 364 g/mol. The van der Waals surface area contributed by atoms with E-state index in [9.17, 15) is 13.6 Å². The van der Waals surface area contributed by atoms with E-state index in [0.717, 1.165) is 5.06 Å². The van der Waals surface area contributed by atoms with Gasteiger partial charge in [-0.1, -0.05) is 19.9 Å². The first kappa shape index (κ1) is 19.4. The molecule has 1 atom stereocenters. The van der Waals surface area contributed by atoms with Crippen LogP contribution in [0.25, 0.3) is 0 Å². The fraction of sp³-hybridized carbons (Fsp3) is 0.389. The summed E-state index contributed by atoms with van der Waals surface area (Å²) in [5, 5.41) is 11.4. The summed E-state index contributed by atoms with van der Waals surface area (Å²) in [4.78, 5) is 4.20. The van der Waals surface area contributed by atoms with E-state index in [2.05, 4.69) is 4.98 Å². The van der Waals surface area contributed by atoms with Crippen LogP contribution in [0.2, 0.25) is 0 Å². The Morgan fingerprint density at radius 3 is 2.36 bits per heavy atom. The quantitative estimate of drug-likeness (QED) is 0.760. The van der Waals surface area contributed by atoms with Crippen molar-refractivity contribution in [2.45, 2.75) is 43.3 Å². The molecule has 1 N–H and O–H groups in total. The van der Waals surface area contributed by atoms with Crippen LogP contribution in [0.4, 0.5) is 0 Å². The van der Waals surface area contributed by atoms with Gasteiger partial charge in [0, 0.05) is 17.8 Å². The molecule has 1 aromatic carbocycles. The molecule has 0 spiro atoms. The van der Waals surface area contributed by atoms with Gasteiger partial charge >= 0.3 is 0 Å². The molecule has 0 saturated carbocycles. The van der Waals surface area contributed by atoms with Crippen molar-refractivity contribution >= 4 is 9.84 Å². The van der Waals surface area contributed by atoms with Crippen molar-refractivity contribution in [1.29, 1.82) is 0 Å². The Balaban J connectivity index is 2.38. The van der Waals surface area contributed by atoms with E-state index in [4.69, 9.17) is 4.74 Å². The van der Waals surface area contributed by atoms with Crippen molar-refractivity contribution in [2.75, 3.05) is 7.11 Å². The first-order chi connectivity index (χ1) is 11.8. The third-order valence-corrected chi connectivity index (χ3v) is 6.01. The molecule has 0 radical (unpaired) electrons. The Kier molecular flexibility index (Phi) is 6.16. The maximum atomic E-state index is 12.9. The largest absolute Gasteiger partial charge is 0.497 e. The Morgan fingerprint density at radius 2 is 1.80 bits per heavy atom. The Labute approximate surface area is 149 Å². The van der Waals surface area contributed by atoms with Gasteiger partial charge in [0.1, 0.15) is 5.75 Å². The highest BCUT2D eigenvalue weighted by atomic mass is 32.2. The molecule has 0 saturated heterocycles. The lowest BCUT2D eigenvalue weighted by molar-refractivity contribution is -0.141. The highest BCUT2D eigenvalue weighted by Crippen LogP contribution is 2.25. The van der Waals surface area contributed by atoms with Crippen LogP contribution in [-0.2, 0) is 16.4 Å². The minimum absolute atomic E-state index is 0.0461. The minimum Gasteiger partial charge on any atom is -0.497 e.